The molecule has 10 aromatic rings. The molecule has 1 unspecified atom stereocenters. The highest BCUT2D eigenvalue weighted by Gasteiger charge is 2.20. The summed E-state index contributed by atoms with van der Waals surface area (Å²) in [6.45, 7) is 6.72. The molecule has 0 aliphatic heterocycles. The van der Waals surface area contributed by atoms with Gasteiger partial charge in [-0.15, -0.1) is 0 Å². The molecular weight excluding hydrogens is 677 g/mol. The molecule has 2 nitrogen and oxygen atoms in total. The van der Waals surface area contributed by atoms with Crippen molar-refractivity contribution in [1.82, 2.24) is 9.55 Å². The van der Waals surface area contributed by atoms with E-state index in [0.717, 1.165) is 28.8 Å². The summed E-state index contributed by atoms with van der Waals surface area (Å²) in [5.74, 6) is 1.45. The van der Waals surface area contributed by atoms with E-state index >= 15 is 0 Å². The zero-order valence-electron chi connectivity index (χ0n) is 32.0. The summed E-state index contributed by atoms with van der Waals surface area (Å²) >= 11 is 0. The van der Waals surface area contributed by atoms with Gasteiger partial charge < -0.3 is 0 Å². The first-order valence-electron chi connectivity index (χ1n) is 19.8. The number of allylic oxidation sites excluding steroid dienone is 2. The SMILES string of the molecule is CCC(C)/C=C(\C)n1c(-c2ccc(-c3ccc4c(-c5cccc6ccccc56)c5ccccc5c(-c5cccc6ccccc56)c4c3)cc2)nc2ccccc21. The van der Waals surface area contributed by atoms with E-state index in [1.807, 2.05) is 0 Å². The molecule has 0 amide bonds. The van der Waals surface area contributed by atoms with Gasteiger partial charge >= 0.3 is 0 Å². The average Bonchev–Trinajstić information content (AvgIpc) is 3.65. The lowest BCUT2D eigenvalue weighted by atomic mass is 9.83. The molecule has 1 aromatic heterocycles. The first kappa shape index (κ1) is 33.8. The fourth-order valence-electron chi connectivity index (χ4n) is 8.82. The molecule has 0 fully saturated rings. The fourth-order valence-corrected chi connectivity index (χ4v) is 8.82. The Morgan fingerprint density at radius 3 is 1.66 bits per heavy atom. The molecule has 0 N–H and O–H groups in total. The number of benzene rings is 9. The number of hydrogen-bond donors (Lipinski definition) is 0. The number of fused-ring (bicyclic) bond motifs is 5. The second kappa shape index (κ2) is 13.8. The van der Waals surface area contributed by atoms with Crippen molar-refractivity contribution in [3.8, 4) is 44.8 Å². The predicted octanol–water partition coefficient (Wildman–Crippen LogP) is 15.2. The molecule has 56 heavy (non-hydrogen) atoms. The molecule has 0 aliphatic carbocycles. The van der Waals surface area contributed by atoms with Crippen molar-refractivity contribution in [2.75, 3.05) is 0 Å². The Bertz CT molecular complexity index is 3130. The summed E-state index contributed by atoms with van der Waals surface area (Å²) in [6, 6.07) is 64.5. The van der Waals surface area contributed by atoms with Gasteiger partial charge in [0.2, 0.25) is 0 Å². The van der Waals surface area contributed by atoms with Crippen molar-refractivity contribution >= 4 is 59.8 Å². The molecule has 0 radical (unpaired) electrons. The quantitative estimate of drug-likeness (QED) is 0.150. The number of hydrogen-bond acceptors (Lipinski definition) is 1. The van der Waals surface area contributed by atoms with E-state index in [1.54, 1.807) is 0 Å². The van der Waals surface area contributed by atoms with Gasteiger partial charge in [-0.3, -0.25) is 4.57 Å². The predicted molar refractivity (Wildman–Crippen MR) is 241 cm³/mol. The van der Waals surface area contributed by atoms with Crippen molar-refractivity contribution < 1.29 is 0 Å². The summed E-state index contributed by atoms with van der Waals surface area (Å²) in [7, 11) is 0. The molecule has 10 rings (SSSR count). The van der Waals surface area contributed by atoms with Crippen LogP contribution in [0.4, 0.5) is 0 Å². The van der Waals surface area contributed by atoms with Crippen LogP contribution in [0.3, 0.4) is 0 Å². The number of imidazole rings is 1. The Kier molecular flexibility index (Phi) is 8.33. The first-order valence-corrected chi connectivity index (χ1v) is 19.8. The van der Waals surface area contributed by atoms with Crippen molar-refractivity contribution in [2.45, 2.75) is 27.2 Å². The molecule has 0 saturated carbocycles. The third kappa shape index (κ3) is 5.60. The molecule has 268 valence electrons. The van der Waals surface area contributed by atoms with E-state index in [0.29, 0.717) is 5.92 Å². The smallest absolute Gasteiger partial charge is 0.145 e. The number of rotatable bonds is 7. The van der Waals surface area contributed by atoms with Gasteiger partial charge in [0.05, 0.1) is 11.0 Å². The molecular formula is C54H42N2. The lowest BCUT2D eigenvalue weighted by Crippen LogP contribution is -1.99. The van der Waals surface area contributed by atoms with E-state index in [2.05, 4.69) is 207 Å². The van der Waals surface area contributed by atoms with Crippen LogP contribution in [0.15, 0.2) is 182 Å². The topological polar surface area (TPSA) is 17.8 Å². The second-order valence-electron chi connectivity index (χ2n) is 15.1. The molecule has 0 aliphatic rings. The van der Waals surface area contributed by atoms with Crippen LogP contribution in [-0.2, 0) is 0 Å². The number of para-hydroxylation sites is 2. The van der Waals surface area contributed by atoms with Gasteiger partial charge in [-0.25, -0.2) is 4.98 Å². The van der Waals surface area contributed by atoms with Gasteiger partial charge in [0.15, 0.2) is 0 Å². The average molecular weight is 719 g/mol. The summed E-state index contributed by atoms with van der Waals surface area (Å²) in [5.41, 5.74) is 11.9. The van der Waals surface area contributed by atoms with Crippen LogP contribution in [0.1, 0.15) is 27.2 Å². The van der Waals surface area contributed by atoms with Crippen LogP contribution in [0.25, 0.3) is 105 Å². The zero-order chi connectivity index (χ0) is 37.8. The van der Waals surface area contributed by atoms with Gasteiger partial charge in [0, 0.05) is 11.3 Å². The van der Waals surface area contributed by atoms with Crippen LogP contribution in [0.5, 0.6) is 0 Å². The molecule has 1 atom stereocenters. The van der Waals surface area contributed by atoms with Gasteiger partial charge in [-0.2, -0.15) is 0 Å². The van der Waals surface area contributed by atoms with Gasteiger partial charge in [-0.05, 0) is 108 Å². The highest BCUT2D eigenvalue weighted by Crippen LogP contribution is 2.47. The van der Waals surface area contributed by atoms with Crippen LogP contribution < -0.4 is 0 Å². The van der Waals surface area contributed by atoms with E-state index < -0.39 is 0 Å². The van der Waals surface area contributed by atoms with Crippen LogP contribution in [-0.4, -0.2) is 9.55 Å². The highest BCUT2D eigenvalue weighted by molar-refractivity contribution is 6.25. The lowest BCUT2D eigenvalue weighted by Gasteiger charge is -2.20. The standard InChI is InChI=1S/C54H42N2/c1-4-35(2)33-36(3)56-51-26-12-11-25-50(51)55-54(56)40-29-27-37(28-30-40)41-31-32-48-49(34-41)53(45-24-14-18-39-16-6-8-20-43(39)45)47-22-10-9-21-46(47)52(48)44-23-13-17-38-15-5-7-19-42(38)44/h5-35H,4H2,1-3H3/b36-33+. The van der Waals surface area contributed by atoms with Crippen LogP contribution >= 0.6 is 0 Å². The maximum Gasteiger partial charge on any atom is 0.145 e. The summed E-state index contributed by atoms with van der Waals surface area (Å²) in [6.07, 6.45) is 3.46. The molecule has 0 saturated heterocycles. The minimum atomic E-state index is 0.483. The minimum absolute atomic E-state index is 0.483. The Labute approximate surface area is 328 Å². The van der Waals surface area contributed by atoms with Crippen molar-refractivity contribution in [1.29, 1.82) is 0 Å². The Morgan fingerprint density at radius 2 is 1.02 bits per heavy atom. The highest BCUT2D eigenvalue weighted by atomic mass is 15.1. The van der Waals surface area contributed by atoms with Crippen molar-refractivity contribution in [3.05, 3.63) is 182 Å². The summed E-state index contributed by atoms with van der Waals surface area (Å²) in [4.78, 5) is 5.16. The Hall–Kier alpha value is -6.77. The van der Waals surface area contributed by atoms with Gasteiger partial charge in [-0.1, -0.05) is 184 Å². The minimum Gasteiger partial charge on any atom is -0.297 e. The third-order valence-electron chi connectivity index (χ3n) is 11.7. The van der Waals surface area contributed by atoms with E-state index in [1.165, 1.54) is 82.2 Å². The molecule has 2 heteroatoms. The normalized spacial score (nSPS) is 12.7. The summed E-state index contributed by atoms with van der Waals surface area (Å²) in [5, 5.41) is 10.0. The summed E-state index contributed by atoms with van der Waals surface area (Å²) < 4.78 is 2.32. The monoisotopic (exact) mass is 718 g/mol. The van der Waals surface area contributed by atoms with Gasteiger partial charge in [0.25, 0.3) is 0 Å². The lowest BCUT2D eigenvalue weighted by molar-refractivity contribution is 0.696. The Balaban J connectivity index is 1.21. The van der Waals surface area contributed by atoms with Crippen LogP contribution in [0.2, 0.25) is 0 Å². The third-order valence-corrected chi connectivity index (χ3v) is 11.7. The second-order valence-corrected chi connectivity index (χ2v) is 15.1. The maximum atomic E-state index is 5.16. The molecule has 0 spiro atoms. The largest absolute Gasteiger partial charge is 0.297 e. The maximum absolute atomic E-state index is 5.16. The zero-order valence-corrected chi connectivity index (χ0v) is 32.0. The molecule has 1 heterocycles. The first-order chi connectivity index (χ1) is 27.6. The van der Waals surface area contributed by atoms with E-state index in [4.69, 9.17) is 4.98 Å². The van der Waals surface area contributed by atoms with E-state index in [9.17, 15) is 0 Å². The van der Waals surface area contributed by atoms with Crippen molar-refractivity contribution in [3.63, 3.8) is 0 Å². The van der Waals surface area contributed by atoms with Crippen LogP contribution in [0, 0.1) is 5.92 Å². The van der Waals surface area contributed by atoms with E-state index in [-0.39, 0.29) is 0 Å². The number of aromatic nitrogens is 2. The molecule has 0 bridgehead atoms. The fraction of sp³-hybridized carbons (Fsp3) is 0.0926. The number of nitrogens with zero attached hydrogens (tertiary/aromatic N) is 2. The van der Waals surface area contributed by atoms with Gasteiger partial charge in [0.1, 0.15) is 5.82 Å². The van der Waals surface area contributed by atoms with Crippen molar-refractivity contribution in [2.24, 2.45) is 5.92 Å². The molecule has 9 aromatic carbocycles. The Morgan fingerprint density at radius 1 is 0.518 bits per heavy atom.